The van der Waals surface area contributed by atoms with Gasteiger partial charge in [0.05, 0.1) is 20.1 Å². The summed E-state index contributed by atoms with van der Waals surface area (Å²) < 4.78 is 10.4. The molecule has 0 spiro atoms. The summed E-state index contributed by atoms with van der Waals surface area (Å²) in [6.07, 6.45) is 0.731. The lowest BCUT2D eigenvalue weighted by molar-refractivity contribution is -0.138. The molecule has 2 unspecified atom stereocenters. The van der Waals surface area contributed by atoms with E-state index < -0.39 is 5.97 Å². The van der Waals surface area contributed by atoms with Crippen LogP contribution in [-0.2, 0) is 4.79 Å². The van der Waals surface area contributed by atoms with Gasteiger partial charge in [-0.15, -0.1) is 11.8 Å². The number of aliphatic carboxylic acids is 1. The number of thioether (sulfide) groups is 1. The monoisotopic (exact) mass is 254 g/mol. The van der Waals surface area contributed by atoms with E-state index in [4.69, 9.17) is 14.6 Å². The molecular weight excluding hydrogens is 240 g/mol. The van der Waals surface area contributed by atoms with Crippen molar-refractivity contribution in [2.75, 3.05) is 14.2 Å². The van der Waals surface area contributed by atoms with Gasteiger partial charge in [0.15, 0.2) is 0 Å². The van der Waals surface area contributed by atoms with Gasteiger partial charge in [-0.05, 0) is 18.6 Å². The van der Waals surface area contributed by atoms with Crippen LogP contribution >= 0.6 is 11.8 Å². The van der Waals surface area contributed by atoms with Gasteiger partial charge in [-0.2, -0.15) is 0 Å². The highest BCUT2D eigenvalue weighted by atomic mass is 32.2. The summed E-state index contributed by atoms with van der Waals surface area (Å²) in [7, 11) is 3.20. The summed E-state index contributed by atoms with van der Waals surface area (Å²) in [6.45, 7) is 0. The fourth-order valence-corrected chi connectivity index (χ4v) is 2.91. The third-order valence-corrected chi connectivity index (χ3v) is 4.11. The van der Waals surface area contributed by atoms with Gasteiger partial charge in [-0.25, -0.2) is 0 Å². The lowest BCUT2D eigenvalue weighted by atomic mass is 10.3. The molecule has 1 aliphatic rings. The van der Waals surface area contributed by atoms with Gasteiger partial charge in [0.25, 0.3) is 0 Å². The van der Waals surface area contributed by atoms with E-state index in [9.17, 15) is 4.79 Å². The lowest BCUT2D eigenvalue weighted by Gasteiger charge is -2.09. The van der Waals surface area contributed by atoms with Crippen molar-refractivity contribution in [1.29, 1.82) is 0 Å². The standard InChI is InChI=1S/C12H14O4S/c1-15-7-3-4-10(9(5-7)16-2)17-11-6-8(11)12(13)14/h3-5,8,11H,6H2,1-2H3,(H,13,14). The first kappa shape index (κ1) is 12.1. The van der Waals surface area contributed by atoms with Gasteiger partial charge in [-0.3, -0.25) is 4.79 Å². The molecule has 5 heteroatoms. The molecule has 0 heterocycles. The lowest BCUT2D eigenvalue weighted by Crippen LogP contribution is -2.00. The second-order valence-corrected chi connectivity index (χ2v) is 5.13. The van der Waals surface area contributed by atoms with Crippen LogP contribution in [0.3, 0.4) is 0 Å². The quantitative estimate of drug-likeness (QED) is 0.873. The minimum atomic E-state index is -0.713. The van der Waals surface area contributed by atoms with Crippen molar-refractivity contribution in [3.8, 4) is 11.5 Å². The Morgan fingerprint density at radius 2 is 2.18 bits per heavy atom. The van der Waals surface area contributed by atoms with Crippen molar-refractivity contribution in [1.82, 2.24) is 0 Å². The molecule has 0 aromatic heterocycles. The first-order valence-electron chi connectivity index (χ1n) is 5.27. The summed E-state index contributed by atoms with van der Waals surface area (Å²) >= 11 is 1.55. The number of carboxylic acid groups (broad SMARTS) is 1. The van der Waals surface area contributed by atoms with Crippen molar-refractivity contribution in [2.45, 2.75) is 16.6 Å². The number of rotatable bonds is 5. The Morgan fingerprint density at radius 3 is 2.71 bits per heavy atom. The molecule has 0 amide bonds. The summed E-state index contributed by atoms with van der Waals surface area (Å²) in [4.78, 5) is 11.7. The minimum absolute atomic E-state index is 0.162. The van der Waals surface area contributed by atoms with E-state index >= 15 is 0 Å². The molecule has 2 rings (SSSR count). The Bertz CT molecular complexity index is 433. The van der Waals surface area contributed by atoms with Crippen LogP contribution in [-0.4, -0.2) is 30.5 Å². The third kappa shape index (κ3) is 2.66. The zero-order chi connectivity index (χ0) is 12.4. The minimum Gasteiger partial charge on any atom is -0.497 e. The Morgan fingerprint density at radius 1 is 1.41 bits per heavy atom. The Labute approximate surface area is 104 Å². The number of hydrogen-bond donors (Lipinski definition) is 1. The zero-order valence-corrected chi connectivity index (χ0v) is 10.5. The maximum absolute atomic E-state index is 10.8. The highest BCUT2D eigenvalue weighted by molar-refractivity contribution is 8.00. The maximum atomic E-state index is 10.8. The number of hydrogen-bond acceptors (Lipinski definition) is 4. The molecule has 0 aliphatic heterocycles. The highest BCUT2D eigenvalue weighted by Gasteiger charge is 2.44. The molecule has 1 aromatic rings. The van der Waals surface area contributed by atoms with Crippen molar-refractivity contribution in [3.63, 3.8) is 0 Å². The summed E-state index contributed by atoms with van der Waals surface area (Å²) in [5, 5.41) is 9.01. The predicted molar refractivity (Wildman–Crippen MR) is 64.9 cm³/mol. The second-order valence-electron chi connectivity index (χ2n) is 3.85. The largest absolute Gasteiger partial charge is 0.497 e. The number of carbonyl (C=O) groups is 1. The van der Waals surface area contributed by atoms with E-state index in [2.05, 4.69) is 0 Å². The molecule has 0 bridgehead atoms. The normalized spacial score (nSPS) is 22.0. The first-order valence-corrected chi connectivity index (χ1v) is 6.15. The van der Waals surface area contributed by atoms with Crippen molar-refractivity contribution in [3.05, 3.63) is 18.2 Å². The summed E-state index contributed by atoms with van der Waals surface area (Å²) in [5.41, 5.74) is 0. The number of benzene rings is 1. The molecule has 1 N–H and O–H groups in total. The molecule has 17 heavy (non-hydrogen) atoms. The van der Waals surface area contributed by atoms with Crippen LogP contribution in [0, 0.1) is 5.92 Å². The smallest absolute Gasteiger partial charge is 0.307 e. The van der Waals surface area contributed by atoms with E-state index in [0.717, 1.165) is 22.8 Å². The van der Waals surface area contributed by atoms with Crippen LogP contribution in [0.15, 0.2) is 23.1 Å². The molecule has 4 nitrogen and oxygen atoms in total. The molecule has 2 atom stereocenters. The van der Waals surface area contributed by atoms with E-state index in [1.807, 2.05) is 12.1 Å². The number of methoxy groups -OCH3 is 2. The summed E-state index contributed by atoms with van der Waals surface area (Å²) in [6, 6.07) is 5.56. The fraction of sp³-hybridized carbons (Fsp3) is 0.417. The van der Waals surface area contributed by atoms with Gasteiger partial charge >= 0.3 is 5.97 Å². The molecule has 0 saturated heterocycles. The molecule has 1 aromatic carbocycles. The van der Waals surface area contributed by atoms with Crippen LogP contribution in [0.5, 0.6) is 11.5 Å². The maximum Gasteiger partial charge on any atom is 0.307 e. The molecule has 1 fully saturated rings. The first-order chi connectivity index (χ1) is 8.15. The van der Waals surface area contributed by atoms with E-state index in [-0.39, 0.29) is 11.2 Å². The van der Waals surface area contributed by atoms with E-state index in [1.165, 1.54) is 0 Å². The SMILES string of the molecule is COc1ccc(SC2CC2C(=O)O)c(OC)c1. The van der Waals surface area contributed by atoms with Crippen molar-refractivity contribution < 1.29 is 19.4 Å². The van der Waals surface area contributed by atoms with Gasteiger partial charge in [0.2, 0.25) is 0 Å². The van der Waals surface area contributed by atoms with E-state index in [1.54, 1.807) is 32.0 Å². The van der Waals surface area contributed by atoms with Crippen LogP contribution in [0.2, 0.25) is 0 Å². The molecule has 92 valence electrons. The summed E-state index contributed by atoms with van der Waals surface area (Å²) in [5.74, 6) is 0.531. The van der Waals surface area contributed by atoms with Crippen molar-refractivity contribution in [2.24, 2.45) is 5.92 Å². The predicted octanol–water partition coefficient (Wildman–Crippen LogP) is 2.27. The zero-order valence-electron chi connectivity index (χ0n) is 9.67. The van der Waals surface area contributed by atoms with Gasteiger partial charge in [-0.1, -0.05) is 0 Å². The molecule has 1 aliphatic carbocycles. The Kier molecular flexibility index (Phi) is 3.47. The number of carboxylic acids is 1. The Hall–Kier alpha value is -1.36. The third-order valence-electron chi connectivity index (χ3n) is 2.70. The highest BCUT2D eigenvalue weighted by Crippen LogP contribution is 2.48. The second kappa shape index (κ2) is 4.87. The molecule has 0 radical (unpaired) electrons. The average Bonchev–Trinajstić information content (AvgIpc) is 3.09. The Balaban J connectivity index is 2.08. The van der Waals surface area contributed by atoms with E-state index in [0.29, 0.717) is 0 Å². The molecular formula is C12H14O4S. The molecule has 1 saturated carbocycles. The average molecular weight is 254 g/mol. The number of ether oxygens (including phenoxy) is 2. The van der Waals surface area contributed by atoms with Crippen molar-refractivity contribution >= 4 is 17.7 Å². The van der Waals surface area contributed by atoms with Crippen LogP contribution in [0.25, 0.3) is 0 Å². The topological polar surface area (TPSA) is 55.8 Å². The van der Waals surface area contributed by atoms with Crippen LogP contribution in [0.4, 0.5) is 0 Å². The fourth-order valence-electron chi connectivity index (χ4n) is 1.60. The van der Waals surface area contributed by atoms with Gasteiger partial charge < -0.3 is 14.6 Å². The van der Waals surface area contributed by atoms with Gasteiger partial charge in [0.1, 0.15) is 11.5 Å². The van der Waals surface area contributed by atoms with Crippen LogP contribution < -0.4 is 9.47 Å². The van der Waals surface area contributed by atoms with Gasteiger partial charge in [0, 0.05) is 16.2 Å². The van der Waals surface area contributed by atoms with Crippen LogP contribution in [0.1, 0.15) is 6.42 Å².